The minimum absolute atomic E-state index is 0.522. The molecule has 0 amide bonds. The van der Waals surface area contributed by atoms with Gasteiger partial charge >= 0.3 is 0 Å². The highest BCUT2D eigenvalue weighted by atomic mass is 35.5. The highest BCUT2D eigenvalue weighted by molar-refractivity contribution is 6.30. The standard InChI is InChI=1S/C16H20ClN3/c1-11-9-20(12(2)8-18-11)10-14-7-13-5-3-4-6-15(13)19-16(14)17/h3-7,11-12,18H,8-10H2,1-2H3. The monoisotopic (exact) mass is 289 g/mol. The fraction of sp³-hybridized carbons (Fsp3) is 0.438. The fourth-order valence-electron chi connectivity index (χ4n) is 2.78. The van der Waals surface area contributed by atoms with Crippen molar-refractivity contribution < 1.29 is 0 Å². The van der Waals surface area contributed by atoms with Gasteiger partial charge in [-0.1, -0.05) is 29.8 Å². The maximum absolute atomic E-state index is 6.35. The smallest absolute Gasteiger partial charge is 0.134 e. The van der Waals surface area contributed by atoms with Gasteiger partial charge in [0.25, 0.3) is 0 Å². The molecule has 4 heteroatoms. The van der Waals surface area contributed by atoms with Crippen LogP contribution in [0.25, 0.3) is 10.9 Å². The third-order valence-corrected chi connectivity index (χ3v) is 4.34. The van der Waals surface area contributed by atoms with Crippen LogP contribution in [0, 0.1) is 0 Å². The molecule has 1 fully saturated rings. The van der Waals surface area contributed by atoms with E-state index in [4.69, 9.17) is 11.6 Å². The maximum atomic E-state index is 6.35. The Kier molecular flexibility index (Phi) is 3.92. The van der Waals surface area contributed by atoms with Gasteiger partial charge < -0.3 is 5.32 Å². The first-order valence-corrected chi connectivity index (χ1v) is 7.53. The molecule has 2 aromatic rings. The summed E-state index contributed by atoms with van der Waals surface area (Å²) >= 11 is 6.35. The number of halogens is 1. The lowest BCUT2D eigenvalue weighted by molar-refractivity contribution is 0.139. The Morgan fingerprint density at radius 1 is 1.35 bits per heavy atom. The van der Waals surface area contributed by atoms with E-state index >= 15 is 0 Å². The molecule has 1 saturated heterocycles. The van der Waals surface area contributed by atoms with Gasteiger partial charge in [-0.3, -0.25) is 4.90 Å². The molecule has 0 saturated carbocycles. The Labute approximate surface area is 124 Å². The number of piperazine rings is 1. The second-order valence-corrected chi connectivity index (χ2v) is 6.08. The normalized spacial score (nSPS) is 24.1. The Morgan fingerprint density at radius 2 is 2.15 bits per heavy atom. The molecule has 1 aliphatic heterocycles. The Balaban J connectivity index is 1.88. The Bertz CT molecular complexity index is 614. The van der Waals surface area contributed by atoms with E-state index in [2.05, 4.69) is 41.2 Å². The summed E-state index contributed by atoms with van der Waals surface area (Å²) < 4.78 is 0. The number of benzene rings is 1. The van der Waals surface area contributed by atoms with Crippen molar-refractivity contribution in [2.75, 3.05) is 13.1 Å². The molecule has 1 aromatic heterocycles. The van der Waals surface area contributed by atoms with Crippen molar-refractivity contribution in [3.05, 3.63) is 41.0 Å². The summed E-state index contributed by atoms with van der Waals surface area (Å²) in [6.45, 7) is 7.41. The van der Waals surface area contributed by atoms with Crippen molar-refractivity contribution in [1.82, 2.24) is 15.2 Å². The minimum atomic E-state index is 0.522. The number of fused-ring (bicyclic) bond motifs is 1. The summed E-state index contributed by atoms with van der Waals surface area (Å²) in [4.78, 5) is 6.98. The molecular formula is C16H20ClN3. The number of rotatable bonds is 2. The molecule has 1 N–H and O–H groups in total. The molecule has 2 atom stereocenters. The van der Waals surface area contributed by atoms with Crippen LogP contribution in [0.2, 0.25) is 5.15 Å². The van der Waals surface area contributed by atoms with Gasteiger partial charge in [-0.05, 0) is 26.0 Å². The Morgan fingerprint density at radius 3 is 3.00 bits per heavy atom. The van der Waals surface area contributed by atoms with Gasteiger partial charge in [-0.2, -0.15) is 0 Å². The van der Waals surface area contributed by atoms with E-state index in [0.29, 0.717) is 17.2 Å². The molecule has 0 bridgehead atoms. The van der Waals surface area contributed by atoms with Crippen molar-refractivity contribution >= 4 is 22.5 Å². The summed E-state index contributed by atoms with van der Waals surface area (Å²) in [5.74, 6) is 0. The highest BCUT2D eigenvalue weighted by Gasteiger charge is 2.23. The van der Waals surface area contributed by atoms with Crippen LogP contribution < -0.4 is 5.32 Å². The number of nitrogens with zero attached hydrogens (tertiary/aromatic N) is 2. The van der Waals surface area contributed by atoms with Crippen LogP contribution in [0.1, 0.15) is 19.4 Å². The summed E-state index contributed by atoms with van der Waals surface area (Å²) in [6, 6.07) is 11.3. The molecule has 0 aliphatic carbocycles. The average molecular weight is 290 g/mol. The van der Waals surface area contributed by atoms with Gasteiger partial charge in [0.05, 0.1) is 5.52 Å². The quantitative estimate of drug-likeness (QED) is 0.861. The Hall–Kier alpha value is -1.16. The van der Waals surface area contributed by atoms with Crippen LogP contribution >= 0.6 is 11.6 Å². The summed E-state index contributed by atoms with van der Waals surface area (Å²) in [7, 11) is 0. The number of pyridine rings is 1. The number of hydrogen-bond donors (Lipinski definition) is 1. The topological polar surface area (TPSA) is 28.2 Å². The van der Waals surface area contributed by atoms with E-state index < -0.39 is 0 Å². The van der Waals surface area contributed by atoms with Gasteiger partial charge in [0, 0.05) is 42.7 Å². The first-order valence-electron chi connectivity index (χ1n) is 7.15. The van der Waals surface area contributed by atoms with Crippen LogP contribution in [0.15, 0.2) is 30.3 Å². The molecule has 2 heterocycles. The third-order valence-electron chi connectivity index (χ3n) is 4.02. The first-order chi connectivity index (χ1) is 9.63. The van der Waals surface area contributed by atoms with Crippen molar-refractivity contribution in [1.29, 1.82) is 0 Å². The third kappa shape index (κ3) is 2.80. The second kappa shape index (κ2) is 5.68. The molecule has 20 heavy (non-hydrogen) atoms. The predicted octanol–water partition coefficient (Wildman–Crippen LogP) is 3.07. The molecule has 1 aliphatic rings. The zero-order valence-corrected chi connectivity index (χ0v) is 12.7. The highest BCUT2D eigenvalue weighted by Crippen LogP contribution is 2.23. The van der Waals surface area contributed by atoms with Crippen LogP contribution in [0.3, 0.4) is 0 Å². The van der Waals surface area contributed by atoms with Crippen LogP contribution in [-0.4, -0.2) is 35.1 Å². The van der Waals surface area contributed by atoms with Gasteiger partial charge in [-0.15, -0.1) is 0 Å². The fourth-order valence-corrected chi connectivity index (χ4v) is 2.99. The molecule has 3 nitrogen and oxygen atoms in total. The van der Waals surface area contributed by atoms with Crippen molar-refractivity contribution in [2.45, 2.75) is 32.5 Å². The van der Waals surface area contributed by atoms with Gasteiger partial charge in [0.2, 0.25) is 0 Å². The molecule has 3 rings (SSSR count). The summed E-state index contributed by atoms with van der Waals surface area (Å²) in [5.41, 5.74) is 2.08. The number of hydrogen-bond acceptors (Lipinski definition) is 3. The van der Waals surface area contributed by atoms with E-state index in [1.807, 2.05) is 18.2 Å². The van der Waals surface area contributed by atoms with E-state index in [0.717, 1.165) is 36.1 Å². The average Bonchev–Trinajstić information content (AvgIpc) is 2.43. The zero-order chi connectivity index (χ0) is 14.1. The van der Waals surface area contributed by atoms with Crippen molar-refractivity contribution in [3.63, 3.8) is 0 Å². The lowest BCUT2D eigenvalue weighted by atomic mass is 10.1. The van der Waals surface area contributed by atoms with E-state index in [1.54, 1.807) is 0 Å². The van der Waals surface area contributed by atoms with Crippen LogP contribution in [-0.2, 0) is 6.54 Å². The molecule has 1 aromatic carbocycles. The second-order valence-electron chi connectivity index (χ2n) is 5.72. The van der Waals surface area contributed by atoms with Gasteiger partial charge in [0.15, 0.2) is 0 Å². The van der Waals surface area contributed by atoms with Gasteiger partial charge in [-0.25, -0.2) is 4.98 Å². The zero-order valence-electron chi connectivity index (χ0n) is 11.9. The summed E-state index contributed by atoms with van der Waals surface area (Å²) in [5, 5.41) is 5.28. The van der Waals surface area contributed by atoms with Crippen LogP contribution in [0.5, 0.6) is 0 Å². The number of nitrogens with one attached hydrogen (secondary N) is 1. The molecule has 0 radical (unpaired) electrons. The van der Waals surface area contributed by atoms with Crippen molar-refractivity contribution in [3.8, 4) is 0 Å². The molecular weight excluding hydrogens is 270 g/mol. The lowest BCUT2D eigenvalue weighted by Gasteiger charge is -2.37. The van der Waals surface area contributed by atoms with Crippen LogP contribution in [0.4, 0.5) is 0 Å². The minimum Gasteiger partial charge on any atom is -0.311 e. The molecule has 2 unspecified atom stereocenters. The van der Waals surface area contributed by atoms with E-state index in [9.17, 15) is 0 Å². The maximum Gasteiger partial charge on any atom is 0.134 e. The largest absolute Gasteiger partial charge is 0.311 e. The van der Waals surface area contributed by atoms with E-state index in [-0.39, 0.29) is 0 Å². The van der Waals surface area contributed by atoms with Gasteiger partial charge in [0.1, 0.15) is 5.15 Å². The number of para-hydroxylation sites is 1. The SMILES string of the molecule is CC1CN(Cc2cc3ccccc3nc2Cl)C(C)CN1. The first kappa shape index (κ1) is 13.8. The predicted molar refractivity (Wildman–Crippen MR) is 84.1 cm³/mol. The lowest BCUT2D eigenvalue weighted by Crippen LogP contribution is -2.53. The van der Waals surface area contributed by atoms with E-state index in [1.165, 1.54) is 0 Å². The molecule has 0 spiro atoms. The number of aromatic nitrogens is 1. The summed E-state index contributed by atoms with van der Waals surface area (Å²) in [6.07, 6.45) is 0. The molecule has 106 valence electrons. The van der Waals surface area contributed by atoms with Crippen molar-refractivity contribution in [2.24, 2.45) is 0 Å².